The Balaban J connectivity index is 1.81. The third-order valence-electron chi connectivity index (χ3n) is 3.59. The minimum absolute atomic E-state index is 0.103. The third kappa shape index (κ3) is 4.36. The molecule has 0 radical (unpaired) electrons. The lowest BCUT2D eigenvalue weighted by Gasteiger charge is -2.09. The topological polar surface area (TPSA) is 67.8 Å². The van der Waals surface area contributed by atoms with E-state index in [1.54, 1.807) is 12.1 Å². The van der Waals surface area contributed by atoms with E-state index in [9.17, 15) is 8.42 Å². The Hall–Kier alpha value is -1.86. The molecule has 0 atom stereocenters. The normalized spacial score (nSPS) is 16.1. The minimum Gasteiger partial charge on any atom is -0.493 e. The van der Waals surface area contributed by atoms with Crippen molar-refractivity contribution >= 4 is 31.7 Å². The molecule has 5 nitrogen and oxygen atoms in total. The summed E-state index contributed by atoms with van der Waals surface area (Å²) in [5.41, 5.74) is 2.23. The fourth-order valence-electron chi connectivity index (χ4n) is 2.48. The maximum atomic E-state index is 12.2. The van der Waals surface area contributed by atoms with E-state index in [1.807, 2.05) is 36.4 Å². The van der Waals surface area contributed by atoms with Crippen molar-refractivity contribution in [3.8, 4) is 5.75 Å². The average Bonchev–Trinajstić information content (AvgIpc) is 2.75. The zero-order valence-electron chi connectivity index (χ0n) is 12.9. The summed E-state index contributed by atoms with van der Waals surface area (Å²) in [5, 5.41) is 4.17. The lowest BCUT2D eigenvalue weighted by Crippen LogP contribution is -2.22. The van der Waals surface area contributed by atoms with Gasteiger partial charge in [-0.1, -0.05) is 46.3 Å². The van der Waals surface area contributed by atoms with Crippen LogP contribution < -0.4 is 9.57 Å². The van der Waals surface area contributed by atoms with Crippen LogP contribution in [0.15, 0.2) is 58.1 Å². The number of hydrazone groups is 1. The van der Waals surface area contributed by atoms with Gasteiger partial charge in [0.15, 0.2) is 0 Å². The van der Waals surface area contributed by atoms with E-state index in [1.165, 1.54) is 0 Å². The van der Waals surface area contributed by atoms with Gasteiger partial charge in [-0.3, -0.25) is 0 Å². The second-order valence-electron chi connectivity index (χ2n) is 5.49. The Morgan fingerprint density at radius 2 is 1.96 bits per heavy atom. The summed E-state index contributed by atoms with van der Waals surface area (Å²) < 4.78 is 31.1. The van der Waals surface area contributed by atoms with Gasteiger partial charge >= 0.3 is 0 Å². The summed E-state index contributed by atoms with van der Waals surface area (Å²) in [4.78, 5) is 2.35. The third-order valence-corrected chi connectivity index (χ3v) is 5.17. The molecule has 0 bridgehead atoms. The lowest BCUT2D eigenvalue weighted by molar-refractivity contribution is 0.317. The lowest BCUT2D eigenvalue weighted by atomic mass is 10.1. The number of sulfonamides is 1. The molecule has 0 aliphatic carbocycles. The predicted molar refractivity (Wildman–Crippen MR) is 97.6 cm³/mol. The molecule has 1 heterocycles. The predicted octanol–water partition coefficient (Wildman–Crippen LogP) is 3.45. The van der Waals surface area contributed by atoms with E-state index in [0.29, 0.717) is 24.5 Å². The zero-order valence-corrected chi connectivity index (χ0v) is 15.3. The van der Waals surface area contributed by atoms with Crippen LogP contribution in [-0.4, -0.2) is 20.7 Å². The highest BCUT2D eigenvalue weighted by atomic mass is 79.9. The summed E-state index contributed by atoms with van der Waals surface area (Å²) in [5.74, 6) is 0.608. The highest BCUT2D eigenvalue weighted by Gasteiger charge is 2.17. The molecule has 7 heteroatoms. The summed E-state index contributed by atoms with van der Waals surface area (Å²) in [6.07, 6.45) is 1.44. The summed E-state index contributed by atoms with van der Waals surface area (Å²) in [7, 11) is -3.54. The van der Waals surface area contributed by atoms with E-state index in [-0.39, 0.29) is 5.75 Å². The monoisotopic (exact) mass is 408 g/mol. The highest BCUT2D eigenvalue weighted by molar-refractivity contribution is 9.10. The number of ether oxygens (including phenoxy) is 1. The molecule has 0 unspecified atom stereocenters. The number of nitrogens with zero attached hydrogens (tertiary/aromatic N) is 1. The molecule has 0 aromatic heterocycles. The molecule has 0 spiro atoms. The van der Waals surface area contributed by atoms with Gasteiger partial charge in [0.25, 0.3) is 10.0 Å². The molecule has 0 saturated carbocycles. The van der Waals surface area contributed by atoms with Crippen LogP contribution in [0.1, 0.15) is 24.0 Å². The van der Waals surface area contributed by atoms with Gasteiger partial charge in [-0.25, -0.2) is 13.2 Å². The van der Waals surface area contributed by atoms with Crippen LogP contribution in [0, 0.1) is 0 Å². The van der Waals surface area contributed by atoms with Gasteiger partial charge in [0.1, 0.15) is 5.75 Å². The first-order valence-corrected chi connectivity index (χ1v) is 10.0. The van der Waals surface area contributed by atoms with E-state index >= 15 is 0 Å². The highest BCUT2D eigenvalue weighted by Crippen LogP contribution is 2.28. The van der Waals surface area contributed by atoms with Crippen molar-refractivity contribution in [2.24, 2.45) is 5.10 Å². The summed E-state index contributed by atoms with van der Waals surface area (Å²) >= 11 is 3.41. The number of hydrogen-bond acceptors (Lipinski definition) is 4. The van der Waals surface area contributed by atoms with E-state index in [4.69, 9.17) is 4.74 Å². The number of halogens is 1. The van der Waals surface area contributed by atoms with Crippen molar-refractivity contribution in [2.45, 2.75) is 18.6 Å². The Bertz CT molecular complexity index is 851. The Morgan fingerprint density at radius 1 is 1.17 bits per heavy atom. The molecule has 2 aromatic rings. The van der Waals surface area contributed by atoms with Crippen LogP contribution in [0.4, 0.5) is 0 Å². The van der Waals surface area contributed by atoms with Crippen molar-refractivity contribution in [1.82, 2.24) is 4.83 Å². The molecule has 1 N–H and O–H groups in total. The molecule has 2 aromatic carbocycles. The standard InChI is InChI=1S/C17H17BrN2O3S/c18-14-8-9-15-16(7-4-10-23-17(15)11-14)19-20-24(21,22)12-13-5-2-1-3-6-13/h1-3,5-6,8-9,11,20H,4,7,10,12H2. The number of rotatable bonds is 4. The molecule has 0 fully saturated rings. The first kappa shape index (κ1) is 17.0. The molecule has 126 valence electrons. The zero-order chi connectivity index (χ0) is 17.0. The molecular formula is C17H17BrN2O3S. The average molecular weight is 409 g/mol. The van der Waals surface area contributed by atoms with Crippen LogP contribution in [-0.2, 0) is 15.8 Å². The quantitative estimate of drug-likeness (QED) is 0.787. The summed E-state index contributed by atoms with van der Waals surface area (Å²) in [6, 6.07) is 14.7. The SMILES string of the molecule is O=S(=O)(Cc1ccccc1)NN=C1CCCOc2cc(Br)ccc21. The first-order valence-electron chi connectivity index (χ1n) is 7.56. The van der Waals surface area contributed by atoms with Gasteiger partial charge in [0, 0.05) is 10.0 Å². The van der Waals surface area contributed by atoms with Crippen LogP contribution in [0.5, 0.6) is 5.75 Å². The minimum atomic E-state index is -3.54. The van der Waals surface area contributed by atoms with Gasteiger partial charge in [-0.05, 0) is 36.6 Å². The van der Waals surface area contributed by atoms with Gasteiger partial charge in [-0.2, -0.15) is 5.10 Å². The van der Waals surface area contributed by atoms with Gasteiger partial charge in [0.2, 0.25) is 0 Å². The second kappa shape index (κ2) is 7.36. The van der Waals surface area contributed by atoms with Crippen molar-refractivity contribution in [1.29, 1.82) is 0 Å². The first-order chi connectivity index (χ1) is 11.5. The molecule has 1 aliphatic heterocycles. The smallest absolute Gasteiger partial charge is 0.251 e. The second-order valence-corrected chi connectivity index (χ2v) is 8.10. The number of fused-ring (bicyclic) bond motifs is 1. The Morgan fingerprint density at radius 3 is 2.75 bits per heavy atom. The van der Waals surface area contributed by atoms with E-state index < -0.39 is 10.0 Å². The molecule has 1 aliphatic rings. The number of hydrogen-bond donors (Lipinski definition) is 1. The van der Waals surface area contributed by atoms with Crippen LogP contribution in [0.3, 0.4) is 0 Å². The van der Waals surface area contributed by atoms with E-state index in [2.05, 4.69) is 25.9 Å². The van der Waals surface area contributed by atoms with Crippen LogP contribution >= 0.6 is 15.9 Å². The van der Waals surface area contributed by atoms with Gasteiger partial charge in [0.05, 0.1) is 18.1 Å². The fraction of sp³-hybridized carbons (Fsp3) is 0.235. The molecular weight excluding hydrogens is 392 g/mol. The van der Waals surface area contributed by atoms with Crippen molar-refractivity contribution < 1.29 is 13.2 Å². The molecule has 24 heavy (non-hydrogen) atoms. The number of benzene rings is 2. The molecule has 0 amide bonds. The molecule has 3 rings (SSSR count). The Kier molecular flexibility index (Phi) is 5.20. The van der Waals surface area contributed by atoms with Crippen molar-refractivity contribution in [3.05, 3.63) is 64.1 Å². The molecule has 0 saturated heterocycles. The van der Waals surface area contributed by atoms with E-state index in [0.717, 1.165) is 22.0 Å². The van der Waals surface area contributed by atoms with Gasteiger partial charge in [-0.15, -0.1) is 0 Å². The maximum Gasteiger partial charge on any atom is 0.251 e. The van der Waals surface area contributed by atoms with Crippen molar-refractivity contribution in [2.75, 3.05) is 6.61 Å². The largest absolute Gasteiger partial charge is 0.493 e. The number of nitrogens with one attached hydrogen (secondary N) is 1. The summed E-state index contributed by atoms with van der Waals surface area (Å²) in [6.45, 7) is 0.583. The Labute approximate surface area is 149 Å². The van der Waals surface area contributed by atoms with Gasteiger partial charge < -0.3 is 4.74 Å². The van der Waals surface area contributed by atoms with Crippen molar-refractivity contribution in [3.63, 3.8) is 0 Å². The fourth-order valence-corrected chi connectivity index (χ4v) is 3.76. The van der Waals surface area contributed by atoms with Crippen LogP contribution in [0.25, 0.3) is 0 Å². The van der Waals surface area contributed by atoms with Crippen LogP contribution in [0.2, 0.25) is 0 Å². The maximum absolute atomic E-state index is 12.2.